The van der Waals surface area contributed by atoms with Crippen molar-refractivity contribution in [3.63, 3.8) is 0 Å². The molecule has 0 unspecified atom stereocenters. The number of nitrogens with one attached hydrogen (secondary N) is 1. The van der Waals surface area contributed by atoms with Gasteiger partial charge in [0.15, 0.2) is 0 Å². The standard InChI is InChI=1S/C20H30N4O5/c1-13-8-22(9-14(2)28-13)12-20(25)21-17-5-6-18(19(7-17)24(26)27)23-10-15(3)29-16(4)11-23/h5-7,13-16H,8-12H2,1-4H3,(H,21,25)/t13-,14-,15-,16+/m0/s1. The molecule has 2 aliphatic rings. The van der Waals surface area contributed by atoms with Gasteiger partial charge in [-0.3, -0.25) is 19.8 Å². The first-order valence-electron chi connectivity index (χ1n) is 10.1. The van der Waals surface area contributed by atoms with E-state index in [1.807, 2.05) is 37.5 Å². The summed E-state index contributed by atoms with van der Waals surface area (Å²) in [7, 11) is 0. The van der Waals surface area contributed by atoms with Crippen molar-refractivity contribution in [1.82, 2.24) is 4.90 Å². The summed E-state index contributed by atoms with van der Waals surface area (Å²) in [6.45, 7) is 10.6. The van der Waals surface area contributed by atoms with E-state index in [1.54, 1.807) is 12.1 Å². The summed E-state index contributed by atoms with van der Waals surface area (Å²) >= 11 is 0. The molecular formula is C20H30N4O5. The quantitative estimate of drug-likeness (QED) is 0.592. The normalized spacial score (nSPS) is 28.2. The lowest BCUT2D eigenvalue weighted by molar-refractivity contribution is -0.384. The molecule has 0 bridgehead atoms. The van der Waals surface area contributed by atoms with Gasteiger partial charge in [0.25, 0.3) is 5.69 Å². The van der Waals surface area contributed by atoms with E-state index in [2.05, 4.69) is 5.32 Å². The van der Waals surface area contributed by atoms with Gasteiger partial charge in [-0.05, 0) is 39.8 Å². The minimum absolute atomic E-state index is 0.00367. The van der Waals surface area contributed by atoms with Crippen LogP contribution in [0, 0.1) is 10.1 Å². The average molecular weight is 406 g/mol. The molecule has 2 heterocycles. The predicted molar refractivity (Wildman–Crippen MR) is 110 cm³/mol. The van der Waals surface area contributed by atoms with Crippen LogP contribution in [-0.2, 0) is 14.3 Å². The Morgan fingerprint density at radius 2 is 1.62 bits per heavy atom. The molecule has 9 heteroatoms. The Morgan fingerprint density at radius 1 is 1.07 bits per heavy atom. The highest BCUT2D eigenvalue weighted by atomic mass is 16.6. The Hall–Kier alpha value is -2.23. The fraction of sp³-hybridized carbons (Fsp3) is 0.650. The largest absolute Gasteiger partial charge is 0.373 e. The van der Waals surface area contributed by atoms with Gasteiger partial charge >= 0.3 is 0 Å². The molecule has 2 saturated heterocycles. The van der Waals surface area contributed by atoms with Gasteiger partial charge in [-0.25, -0.2) is 0 Å². The van der Waals surface area contributed by atoms with Crippen LogP contribution in [0.3, 0.4) is 0 Å². The monoisotopic (exact) mass is 406 g/mol. The molecule has 160 valence electrons. The fourth-order valence-corrected chi connectivity index (χ4v) is 4.21. The third kappa shape index (κ3) is 5.65. The van der Waals surface area contributed by atoms with E-state index in [-0.39, 0.29) is 42.6 Å². The van der Waals surface area contributed by atoms with Gasteiger partial charge in [0.1, 0.15) is 5.69 Å². The minimum atomic E-state index is -0.402. The number of ether oxygens (including phenoxy) is 2. The van der Waals surface area contributed by atoms with Crippen LogP contribution >= 0.6 is 0 Å². The van der Waals surface area contributed by atoms with Crippen molar-refractivity contribution in [2.75, 3.05) is 42.9 Å². The van der Waals surface area contributed by atoms with Gasteiger partial charge in [0.2, 0.25) is 5.91 Å². The number of benzene rings is 1. The van der Waals surface area contributed by atoms with Crippen LogP contribution in [0.15, 0.2) is 18.2 Å². The number of hydrogen-bond donors (Lipinski definition) is 1. The maximum Gasteiger partial charge on any atom is 0.294 e. The zero-order valence-electron chi connectivity index (χ0n) is 17.5. The van der Waals surface area contributed by atoms with E-state index in [4.69, 9.17) is 9.47 Å². The van der Waals surface area contributed by atoms with Gasteiger partial charge < -0.3 is 19.7 Å². The molecule has 0 saturated carbocycles. The van der Waals surface area contributed by atoms with Crippen molar-refractivity contribution >= 4 is 23.0 Å². The van der Waals surface area contributed by atoms with Crippen molar-refractivity contribution in [2.45, 2.75) is 52.1 Å². The number of rotatable bonds is 5. The summed E-state index contributed by atoms with van der Waals surface area (Å²) in [6, 6.07) is 4.86. The summed E-state index contributed by atoms with van der Waals surface area (Å²) in [6.07, 6.45) is 0.141. The Balaban J connectivity index is 1.69. The van der Waals surface area contributed by atoms with Crippen LogP contribution in [0.4, 0.5) is 17.1 Å². The molecule has 29 heavy (non-hydrogen) atoms. The molecule has 1 aromatic carbocycles. The third-order valence-electron chi connectivity index (χ3n) is 5.08. The van der Waals surface area contributed by atoms with E-state index in [0.717, 1.165) is 0 Å². The highest BCUT2D eigenvalue weighted by Gasteiger charge is 2.28. The molecule has 0 radical (unpaired) electrons. The highest BCUT2D eigenvalue weighted by Crippen LogP contribution is 2.33. The van der Waals surface area contributed by atoms with E-state index >= 15 is 0 Å². The first-order valence-corrected chi connectivity index (χ1v) is 10.1. The fourth-order valence-electron chi connectivity index (χ4n) is 4.21. The topological polar surface area (TPSA) is 97.2 Å². The number of nitro benzene ring substituents is 1. The number of anilines is 2. The maximum absolute atomic E-state index is 12.5. The van der Waals surface area contributed by atoms with Gasteiger partial charge in [0.05, 0.1) is 35.9 Å². The Bertz CT molecular complexity index is 738. The molecule has 1 N–H and O–H groups in total. The van der Waals surface area contributed by atoms with Crippen molar-refractivity contribution < 1.29 is 19.2 Å². The molecular weight excluding hydrogens is 376 g/mol. The number of morpholine rings is 2. The molecule has 4 atom stereocenters. The van der Waals surface area contributed by atoms with Crippen molar-refractivity contribution in [3.8, 4) is 0 Å². The predicted octanol–water partition coefficient (Wildman–Crippen LogP) is 2.26. The number of amides is 1. The van der Waals surface area contributed by atoms with E-state index in [0.29, 0.717) is 37.6 Å². The molecule has 1 aromatic rings. The van der Waals surface area contributed by atoms with E-state index in [1.165, 1.54) is 6.07 Å². The first kappa shape index (κ1) is 21.5. The van der Waals surface area contributed by atoms with Gasteiger partial charge in [-0.2, -0.15) is 0 Å². The van der Waals surface area contributed by atoms with Crippen molar-refractivity contribution in [2.24, 2.45) is 0 Å². The Labute approximate surface area is 171 Å². The third-order valence-corrected chi connectivity index (χ3v) is 5.08. The lowest BCUT2D eigenvalue weighted by Crippen LogP contribution is -2.48. The molecule has 0 spiro atoms. The number of hydrogen-bond acceptors (Lipinski definition) is 7. The van der Waals surface area contributed by atoms with Crippen LogP contribution in [0.5, 0.6) is 0 Å². The Morgan fingerprint density at radius 3 is 2.17 bits per heavy atom. The van der Waals surface area contributed by atoms with Gasteiger partial charge in [-0.15, -0.1) is 0 Å². The SMILES string of the molecule is C[C@@H]1CN(c2ccc(NC(=O)CN3C[C@H](C)O[C@@H](C)C3)cc2[N+](=O)[O-])C[C@H](C)O1. The van der Waals surface area contributed by atoms with Gasteiger partial charge in [-0.1, -0.05) is 0 Å². The van der Waals surface area contributed by atoms with Crippen LogP contribution in [0.2, 0.25) is 0 Å². The van der Waals surface area contributed by atoms with Crippen molar-refractivity contribution in [1.29, 1.82) is 0 Å². The summed E-state index contributed by atoms with van der Waals surface area (Å²) in [4.78, 5) is 27.7. The van der Waals surface area contributed by atoms with Gasteiger partial charge in [0, 0.05) is 37.9 Å². The maximum atomic E-state index is 12.5. The smallest absolute Gasteiger partial charge is 0.294 e. The molecule has 0 aromatic heterocycles. The van der Waals surface area contributed by atoms with E-state index in [9.17, 15) is 14.9 Å². The Kier molecular flexibility index (Phi) is 6.71. The molecule has 9 nitrogen and oxygen atoms in total. The number of carbonyl (C=O) groups is 1. The zero-order chi connectivity index (χ0) is 21.1. The minimum Gasteiger partial charge on any atom is -0.373 e. The van der Waals surface area contributed by atoms with Crippen LogP contribution in [0.25, 0.3) is 0 Å². The second-order valence-corrected chi connectivity index (χ2v) is 8.12. The molecule has 2 fully saturated rings. The van der Waals surface area contributed by atoms with E-state index < -0.39 is 4.92 Å². The lowest BCUT2D eigenvalue weighted by Gasteiger charge is -2.36. The zero-order valence-corrected chi connectivity index (χ0v) is 17.5. The molecule has 0 aliphatic carbocycles. The number of carbonyl (C=O) groups excluding carboxylic acids is 1. The second kappa shape index (κ2) is 9.06. The summed E-state index contributed by atoms with van der Waals surface area (Å²) in [5.74, 6) is -0.193. The molecule has 1 amide bonds. The summed E-state index contributed by atoms with van der Waals surface area (Å²) in [5.41, 5.74) is 0.956. The molecule has 2 aliphatic heterocycles. The van der Waals surface area contributed by atoms with Crippen LogP contribution in [0.1, 0.15) is 27.7 Å². The first-order chi connectivity index (χ1) is 13.7. The average Bonchev–Trinajstić information content (AvgIpc) is 2.59. The van der Waals surface area contributed by atoms with Crippen LogP contribution in [-0.4, -0.2) is 72.9 Å². The van der Waals surface area contributed by atoms with Crippen LogP contribution < -0.4 is 10.2 Å². The molecule has 3 rings (SSSR count). The summed E-state index contributed by atoms with van der Waals surface area (Å²) in [5, 5.41) is 14.5. The van der Waals surface area contributed by atoms with Crippen molar-refractivity contribution in [3.05, 3.63) is 28.3 Å². The lowest BCUT2D eigenvalue weighted by atomic mass is 10.1. The summed E-state index contributed by atoms with van der Waals surface area (Å²) < 4.78 is 11.4. The number of nitrogens with zero attached hydrogens (tertiary/aromatic N) is 3. The highest BCUT2D eigenvalue weighted by molar-refractivity contribution is 5.93. The number of nitro groups is 1. The second-order valence-electron chi connectivity index (χ2n) is 8.12.